The van der Waals surface area contributed by atoms with E-state index in [1.165, 1.54) is 0 Å². The van der Waals surface area contributed by atoms with Crippen LogP contribution in [-0.2, 0) is 4.79 Å². The van der Waals surface area contributed by atoms with E-state index in [0.29, 0.717) is 24.5 Å². The van der Waals surface area contributed by atoms with Crippen LogP contribution in [0.3, 0.4) is 0 Å². The minimum Gasteiger partial charge on any atom is -0.493 e. The predicted molar refractivity (Wildman–Crippen MR) is 92.2 cm³/mol. The van der Waals surface area contributed by atoms with E-state index in [0.717, 1.165) is 12.1 Å². The molecule has 0 fully saturated rings. The first-order valence-corrected chi connectivity index (χ1v) is 7.58. The Kier molecular flexibility index (Phi) is 7.73. The van der Waals surface area contributed by atoms with E-state index in [4.69, 9.17) is 15.2 Å². The Morgan fingerprint density at radius 2 is 2.00 bits per heavy atom. The second-order valence-corrected chi connectivity index (χ2v) is 5.09. The van der Waals surface area contributed by atoms with Gasteiger partial charge in [-0.1, -0.05) is 6.92 Å². The van der Waals surface area contributed by atoms with Gasteiger partial charge in [-0.15, -0.1) is 0 Å². The third-order valence-corrected chi connectivity index (χ3v) is 3.30. The molecule has 0 aromatic heterocycles. The minimum absolute atomic E-state index is 0.0259. The first-order valence-electron chi connectivity index (χ1n) is 7.58. The van der Waals surface area contributed by atoms with E-state index >= 15 is 0 Å². The molecule has 7 heteroatoms. The van der Waals surface area contributed by atoms with E-state index in [1.54, 1.807) is 32.4 Å². The number of guanidine groups is 1. The molecule has 0 aliphatic carbocycles. The fraction of sp³-hybridized carbons (Fsp3) is 0.500. The third-order valence-electron chi connectivity index (χ3n) is 3.30. The Balaban J connectivity index is 2.52. The lowest BCUT2D eigenvalue weighted by Gasteiger charge is -2.11. The molecule has 1 rings (SSSR count). The summed E-state index contributed by atoms with van der Waals surface area (Å²) in [6.45, 7) is 4.32. The molecule has 0 heterocycles. The molecule has 23 heavy (non-hydrogen) atoms. The lowest BCUT2D eigenvalue weighted by atomic mass is 10.2. The monoisotopic (exact) mass is 322 g/mol. The van der Waals surface area contributed by atoms with Crippen molar-refractivity contribution in [1.29, 1.82) is 0 Å². The van der Waals surface area contributed by atoms with Crippen LogP contribution >= 0.6 is 0 Å². The van der Waals surface area contributed by atoms with Crippen molar-refractivity contribution in [2.24, 2.45) is 10.7 Å². The lowest BCUT2D eigenvalue weighted by Crippen LogP contribution is -2.32. The Hall–Kier alpha value is -2.44. The highest BCUT2D eigenvalue weighted by Gasteiger charge is 2.06. The van der Waals surface area contributed by atoms with Crippen LogP contribution in [0, 0.1) is 0 Å². The van der Waals surface area contributed by atoms with Crippen LogP contribution in [0.15, 0.2) is 23.2 Å². The summed E-state index contributed by atoms with van der Waals surface area (Å²) in [7, 11) is 3.14. The van der Waals surface area contributed by atoms with Crippen LogP contribution in [0.25, 0.3) is 0 Å². The highest BCUT2D eigenvalue weighted by Crippen LogP contribution is 2.29. The smallest absolute Gasteiger partial charge is 0.222 e. The fourth-order valence-corrected chi connectivity index (χ4v) is 1.83. The van der Waals surface area contributed by atoms with Gasteiger partial charge in [0.15, 0.2) is 17.5 Å². The SMILES string of the molecule is CCC(C)NC(=O)CCN=C(N)Nc1ccc(OC)c(OC)c1. The average Bonchev–Trinajstić information content (AvgIpc) is 2.54. The molecule has 1 aromatic carbocycles. The first-order chi connectivity index (χ1) is 11.0. The molecule has 0 aliphatic rings. The molecule has 4 N–H and O–H groups in total. The molecule has 1 aromatic rings. The van der Waals surface area contributed by atoms with Crippen molar-refractivity contribution in [2.75, 3.05) is 26.1 Å². The number of nitrogens with two attached hydrogens (primary N) is 1. The number of ether oxygens (including phenoxy) is 2. The quantitative estimate of drug-likeness (QED) is 0.500. The van der Waals surface area contributed by atoms with E-state index in [2.05, 4.69) is 15.6 Å². The summed E-state index contributed by atoms with van der Waals surface area (Å²) in [5.41, 5.74) is 6.55. The number of carbonyl (C=O) groups excluding carboxylic acids is 1. The number of rotatable bonds is 8. The van der Waals surface area contributed by atoms with Gasteiger partial charge in [0.1, 0.15) is 0 Å². The van der Waals surface area contributed by atoms with Gasteiger partial charge in [0.05, 0.1) is 20.8 Å². The Bertz CT molecular complexity index is 546. The van der Waals surface area contributed by atoms with Crippen molar-refractivity contribution in [1.82, 2.24) is 5.32 Å². The van der Waals surface area contributed by atoms with Gasteiger partial charge >= 0.3 is 0 Å². The van der Waals surface area contributed by atoms with Gasteiger partial charge in [0.25, 0.3) is 0 Å². The zero-order chi connectivity index (χ0) is 17.2. The highest BCUT2D eigenvalue weighted by molar-refractivity contribution is 5.92. The number of methoxy groups -OCH3 is 2. The second-order valence-electron chi connectivity index (χ2n) is 5.09. The van der Waals surface area contributed by atoms with Crippen LogP contribution in [-0.4, -0.2) is 38.7 Å². The van der Waals surface area contributed by atoms with Crippen molar-refractivity contribution in [2.45, 2.75) is 32.7 Å². The van der Waals surface area contributed by atoms with Crippen LogP contribution in [0.4, 0.5) is 5.69 Å². The van der Waals surface area contributed by atoms with Gasteiger partial charge in [-0.3, -0.25) is 9.79 Å². The molecule has 1 amide bonds. The maximum atomic E-state index is 11.6. The van der Waals surface area contributed by atoms with Crippen molar-refractivity contribution in [3.05, 3.63) is 18.2 Å². The minimum atomic E-state index is -0.0259. The number of amides is 1. The standard InChI is InChI=1S/C16H26N4O3/c1-5-11(2)19-15(21)8-9-18-16(17)20-12-6-7-13(22-3)14(10-12)23-4/h6-7,10-11H,5,8-9H2,1-4H3,(H,19,21)(H3,17,18,20). The molecule has 0 radical (unpaired) electrons. The zero-order valence-electron chi connectivity index (χ0n) is 14.2. The number of hydrogen-bond donors (Lipinski definition) is 3. The van der Waals surface area contributed by atoms with Crippen LogP contribution in [0.1, 0.15) is 26.7 Å². The summed E-state index contributed by atoms with van der Waals surface area (Å²) in [5.74, 6) is 1.45. The van der Waals surface area contributed by atoms with Crippen molar-refractivity contribution >= 4 is 17.6 Å². The molecule has 128 valence electrons. The number of nitrogens with zero attached hydrogens (tertiary/aromatic N) is 1. The van der Waals surface area contributed by atoms with Crippen molar-refractivity contribution < 1.29 is 14.3 Å². The zero-order valence-corrected chi connectivity index (χ0v) is 14.2. The summed E-state index contributed by atoms with van der Waals surface area (Å²) in [6.07, 6.45) is 1.21. The topological polar surface area (TPSA) is 98.0 Å². The maximum absolute atomic E-state index is 11.6. The Morgan fingerprint density at radius 1 is 1.30 bits per heavy atom. The summed E-state index contributed by atoms with van der Waals surface area (Å²) in [4.78, 5) is 15.8. The Labute approximate surface area is 137 Å². The first kappa shape index (κ1) is 18.6. The lowest BCUT2D eigenvalue weighted by molar-refractivity contribution is -0.121. The van der Waals surface area contributed by atoms with Gasteiger partial charge < -0.3 is 25.8 Å². The molecule has 7 nitrogen and oxygen atoms in total. The number of anilines is 1. The van der Waals surface area contributed by atoms with E-state index in [9.17, 15) is 4.79 Å². The van der Waals surface area contributed by atoms with Crippen molar-refractivity contribution in [3.63, 3.8) is 0 Å². The average molecular weight is 322 g/mol. The van der Waals surface area contributed by atoms with Gasteiger partial charge in [-0.25, -0.2) is 0 Å². The molecular formula is C16H26N4O3. The molecule has 0 saturated carbocycles. The van der Waals surface area contributed by atoms with Gasteiger partial charge in [0, 0.05) is 24.2 Å². The molecule has 0 aliphatic heterocycles. The maximum Gasteiger partial charge on any atom is 0.222 e. The van der Waals surface area contributed by atoms with Gasteiger partial charge in [0.2, 0.25) is 5.91 Å². The van der Waals surface area contributed by atoms with Crippen LogP contribution in [0.2, 0.25) is 0 Å². The van der Waals surface area contributed by atoms with Crippen LogP contribution < -0.4 is 25.8 Å². The van der Waals surface area contributed by atoms with Crippen LogP contribution in [0.5, 0.6) is 11.5 Å². The normalized spacial score (nSPS) is 12.4. The number of hydrogen-bond acceptors (Lipinski definition) is 4. The number of benzene rings is 1. The molecule has 1 atom stereocenters. The summed E-state index contributed by atoms with van der Waals surface area (Å²) in [5, 5.41) is 5.83. The molecule has 0 saturated heterocycles. The highest BCUT2D eigenvalue weighted by atomic mass is 16.5. The molecule has 1 unspecified atom stereocenters. The van der Waals surface area contributed by atoms with E-state index < -0.39 is 0 Å². The summed E-state index contributed by atoms with van der Waals surface area (Å²) >= 11 is 0. The van der Waals surface area contributed by atoms with E-state index in [-0.39, 0.29) is 17.9 Å². The summed E-state index contributed by atoms with van der Waals surface area (Å²) < 4.78 is 10.4. The van der Waals surface area contributed by atoms with E-state index in [1.807, 2.05) is 13.8 Å². The Morgan fingerprint density at radius 3 is 2.61 bits per heavy atom. The molecule has 0 bridgehead atoms. The number of carbonyl (C=O) groups is 1. The molecular weight excluding hydrogens is 296 g/mol. The third kappa shape index (κ3) is 6.46. The fourth-order valence-electron chi connectivity index (χ4n) is 1.83. The second kappa shape index (κ2) is 9.55. The summed E-state index contributed by atoms with van der Waals surface area (Å²) in [6, 6.07) is 5.51. The molecule has 0 spiro atoms. The van der Waals surface area contributed by atoms with Gasteiger partial charge in [-0.2, -0.15) is 0 Å². The number of aliphatic imine (C=N–C) groups is 1. The largest absolute Gasteiger partial charge is 0.493 e. The van der Waals surface area contributed by atoms with Gasteiger partial charge in [-0.05, 0) is 25.5 Å². The van der Waals surface area contributed by atoms with Crippen molar-refractivity contribution in [3.8, 4) is 11.5 Å². The number of nitrogens with one attached hydrogen (secondary N) is 2. The predicted octanol–water partition coefficient (Wildman–Crippen LogP) is 1.74.